The predicted octanol–water partition coefficient (Wildman–Crippen LogP) is 6.14. The van der Waals surface area contributed by atoms with E-state index >= 15 is 0 Å². The molecular weight excluding hydrogens is 612 g/mol. The molecule has 1 aromatic carbocycles. The van der Waals surface area contributed by atoms with E-state index in [0.29, 0.717) is 43.3 Å². The minimum atomic E-state index is -0.693. The molecular formula is C37H56N4O7. The topological polar surface area (TPSA) is 150 Å². The van der Waals surface area contributed by atoms with Crippen LogP contribution in [0.25, 0.3) is 10.9 Å². The number of fused-ring (bicyclic) bond motifs is 1. The molecule has 48 heavy (non-hydrogen) atoms. The standard InChI is InChI=1S/C37H56N4O7/c1-6-7-9-14-28-26-29-27(15-12-16-30(29)40-35(28)38)13-10-8-11-23-39-31(42)19-21-36(2,3)47-25-22-37(4,5)46-24-20-34(45)48-41-32(43)17-18-33(41)44/h12,15-16,26H,6-11,13-14,17-25H2,1-5H3,(H2,38,40)(H,39,42). The maximum atomic E-state index is 12.5. The fourth-order valence-corrected chi connectivity index (χ4v) is 5.58. The first-order chi connectivity index (χ1) is 22.8. The van der Waals surface area contributed by atoms with Gasteiger partial charge in [0.05, 0.1) is 36.4 Å². The number of nitrogens with two attached hydrogens (primary N) is 1. The summed E-state index contributed by atoms with van der Waals surface area (Å²) in [6, 6.07) is 8.49. The third kappa shape index (κ3) is 13.1. The fourth-order valence-electron chi connectivity index (χ4n) is 5.58. The summed E-state index contributed by atoms with van der Waals surface area (Å²) in [5.41, 5.74) is 8.58. The van der Waals surface area contributed by atoms with Gasteiger partial charge in [-0.2, -0.15) is 0 Å². The van der Waals surface area contributed by atoms with Gasteiger partial charge in [0.15, 0.2) is 0 Å². The van der Waals surface area contributed by atoms with E-state index in [1.165, 1.54) is 23.8 Å². The van der Waals surface area contributed by atoms with Crippen LogP contribution in [0, 0.1) is 0 Å². The number of imide groups is 1. The zero-order valence-electron chi connectivity index (χ0n) is 29.7. The highest BCUT2D eigenvalue weighted by Crippen LogP contribution is 2.25. The molecule has 2 aromatic rings. The van der Waals surface area contributed by atoms with Crippen LogP contribution in [0.4, 0.5) is 5.82 Å². The Bertz CT molecular complexity index is 1380. The zero-order valence-corrected chi connectivity index (χ0v) is 29.7. The van der Waals surface area contributed by atoms with Crippen molar-refractivity contribution in [3.63, 3.8) is 0 Å². The highest BCUT2D eigenvalue weighted by molar-refractivity contribution is 6.01. The molecule has 11 nitrogen and oxygen atoms in total. The van der Waals surface area contributed by atoms with Gasteiger partial charge in [-0.15, -0.1) is 5.06 Å². The lowest BCUT2D eigenvalue weighted by Gasteiger charge is -2.29. The van der Waals surface area contributed by atoms with E-state index < -0.39 is 29.0 Å². The number of amides is 3. The Hall–Kier alpha value is -3.57. The van der Waals surface area contributed by atoms with Crippen molar-refractivity contribution in [3.8, 4) is 0 Å². The Morgan fingerprint density at radius 2 is 1.54 bits per heavy atom. The molecule has 0 aliphatic carbocycles. The first-order valence-corrected chi connectivity index (χ1v) is 17.6. The van der Waals surface area contributed by atoms with E-state index in [4.69, 9.17) is 20.0 Å². The van der Waals surface area contributed by atoms with Crippen LogP contribution >= 0.6 is 0 Å². The van der Waals surface area contributed by atoms with Crippen molar-refractivity contribution in [2.45, 2.75) is 136 Å². The second-order valence-electron chi connectivity index (χ2n) is 13.9. The summed E-state index contributed by atoms with van der Waals surface area (Å²) in [6.45, 7) is 11.1. The summed E-state index contributed by atoms with van der Waals surface area (Å²) in [6.07, 6.45) is 9.97. The number of hydrogen-bond donors (Lipinski definition) is 2. The summed E-state index contributed by atoms with van der Waals surface area (Å²) >= 11 is 0. The first-order valence-electron chi connectivity index (χ1n) is 17.6. The summed E-state index contributed by atoms with van der Waals surface area (Å²) in [4.78, 5) is 57.2. The number of ether oxygens (including phenoxy) is 2. The second kappa shape index (κ2) is 18.8. The number of rotatable bonds is 22. The molecule has 1 aliphatic rings. The molecule has 3 amide bonds. The van der Waals surface area contributed by atoms with Crippen LogP contribution in [0.1, 0.15) is 123 Å². The third-order valence-electron chi connectivity index (χ3n) is 8.71. The molecule has 3 rings (SSSR count). The van der Waals surface area contributed by atoms with Crippen molar-refractivity contribution >= 4 is 40.4 Å². The average molecular weight is 669 g/mol. The van der Waals surface area contributed by atoms with E-state index in [2.05, 4.69) is 35.4 Å². The van der Waals surface area contributed by atoms with Gasteiger partial charge in [0.25, 0.3) is 11.8 Å². The van der Waals surface area contributed by atoms with Gasteiger partial charge in [-0.1, -0.05) is 38.3 Å². The van der Waals surface area contributed by atoms with Crippen LogP contribution < -0.4 is 11.1 Å². The van der Waals surface area contributed by atoms with Crippen LogP contribution in [0.5, 0.6) is 0 Å². The molecule has 2 heterocycles. The molecule has 266 valence electrons. The predicted molar refractivity (Wildman–Crippen MR) is 186 cm³/mol. The quantitative estimate of drug-likeness (QED) is 0.111. The second-order valence-corrected chi connectivity index (χ2v) is 13.9. The Balaban J connectivity index is 1.27. The minimum absolute atomic E-state index is 0.0212. The molecule has 0 unspecified atom stereocenters. The summed E-state index contributed by atoms with van der Waals surface area (Å²) in [5, 5.41) is 4.78. The fraction of sp³-hybridized carbons (Fsp3) is 0.649. The molecule has 0 saturated carbocycles. The number of carbonyl (C=O) groups excluding carboxylic acids is 4. The molecule has 1 aromatic heterocycles. The van der Waals surface area contributed by atoms with Gasteiger partial charge in [0, 0.05) is 31.2 Å². The Kier molecular flexibility index (Phi) is 15.3. The summed E-state index contributed by atoms with van der Waals surface area (Å²) in [5.74, 6) is -1.04. The lowest BCUT2D eigenvalue weighted by molar-refractivity contribution is -0.198. The van der Waals surface area contributed by atoms with Crippen molar-refractivity contribution in [1.29, 1.82) is 0 Å². The van der Waals surface area contributed by atoms with E-state index in [9.17, 15) is 19.2 Å². The Morgan fingerprint density at radius 3 is 2.27 bits per heavy atom. The number of benzene rings is 1. The third-order valence-corrected chi connectivity index (χ3v) is 8.71. The number of hydrogen-bond acceptors (Lipinski definition) is 9. The Labute approximate surface area is 285 Å². The number of pyridine rings is 1. The van der Waals surface area contributed by atoms with Crippen LogP contribution in [0.15, 0.2) is 24.3 Å². The molecule has 3 N–H and O–H groups in total. The van der Waals surface area contributed by atoms with E-state index in [0.717, 1.165) is 49.6 Å². The van der Waals surface area contributed by atoms with Crippen LogP contribution in [0.3, 0.4) is 0 Å². The molecule has 11 heteroatoms. The lowest BCUT2D eigenvalue weighted by atomic mass is 9.99. The number of hydroxylamine groups is 2. The number of aryl methyl sites for hydroxylation is 2. The lowest BCUT2D eigenvalue weighted by Crippen LogP contribution is -2.34. The number of carbonyl (C=O) groups is 4. The van der Waals surface area contributed by atoms with Gasteiger partial charge in [-0.05, 0) is 95.9 Å². The van der Waals surface area contributed by atoms with Gasteiger partial charge < -0.3 is 25.4 Å². The van der Waals surface area contributed by atoms with Crippen LogP contribution in [-0.2, 0) is 46.3 Å². The van der Waals surface area contributed by atoms with Crippen molar-refractivity contribution in [1.82, 2.24) is 15.4 Å². The summed E-state index contributed by atoms with van der Waals surface area (Å²) < 4.78 is 11.9. The number of nitrogen functional groups attached to an aromatic ring is 1. The Morgan fingerprint density at radius 1 is 0.875 bits per heavy atom. The van der Waals surface area contributed by atoms with Crippen LogP contribution in [-0.4, -0.2) is 64.7 Å². The molecule has 1 fully saturated rings. The molecule has 1 saturated heterocycles. The maximum Gasteiger partial charge on any atom is 0.335 e. The normalized spacial score (nSPS) is 13.8. The van der Waals surface area contributed by atoms with E-state index in [1.807, 2.05) is 33.8 Å². The molecule has 0 bridgehead atoms. The van der Waals surface area contributed by atoms with Gasteiger partial charge in [-0.25, -0.2) is 9.78 Å². The summed E-state index contributed by atoms with van der Waals surface area (Å²) in [7, 11) is 0. The van der Waals surface area contributed by atoms with E-state index in [1.54, 1.807) is 0 Å². The highest BCUT2D eigenvalue weighted by Gasteiger charge is 2.33. The maximum absolute atomic E-state index is 12.5. The van der Waals surface area contributed by atoms with Gasteiger partial charge in [0.1, 0.15) is 5.82 Å². The average Bonchev–Trinajstić information content (AvgIpc) is 3.34. The number of nitrogens with zero attached hydrogens (tertiary/aromatic N) is 2. The van der Waals surface area contributed by atoms with Crippen LogP contribution in [0.2, 0.25) is 0 Å². The minimum Gasteiger partial charge on any atom is -0.383 e. The molecule has 1 aliphatic heterocycles. The van der Waals surface area contributed by atoms with Gasteiger partial charge in [0.2, 0.25) is 5.91 Å². The number of anilines is 1. The SMILES string of the molecule is CCCCCc1cc2c(CCCCCNC(=O)CCC(C)(C)OCCC(C)(C)OCCC(=O)ON3C(=O)CCC3=O)cccc2nc1N. The van der Waals surface area contributed by atoms with Gasteiger partial charge >= 0.3 is 5.97 Å². The van der Waals surface area contributed by atoms with Gasteiger partial charge in [-0.3, -0.25) is 14.4 Å². The number of unbranched alkanes of at least 4 members (excludes halogenated alkanes) is 4. The molecule has 0 atom stereocenters. The molecule has 0 radical (unpaired) electrons. The smallest absolute Gasteiger partial charge is 0.335 e. The van der Waals surface area contributed by atoms with Crippen molar-refractivity contribution in [3.05, 3.63) is 35.4 Å². The number of aromatic nitrogens is 1. The monoisotopic (exact) mass is 668 g/mol. The molecule has 0 spiro atoms. The number of nitrogens with one attached hydrogen (secondary N) is 1. The van der Waals surface area contributed by atoms with Crippen molar-refractivity contribution in [2.75, 3.05) is 25.5 Å². The largest absolute Gasteiger partial charge is 0.383 e. The first kappa shape index (κ1) is 38.9. The van der Waals surface area contributed by atoms with E-state index in [-0.39, 0.29) is 31.8 Å². The van der Waals surface area contributed by atoms with Crippen molar-refractivity contribution in [2.24, 2.45) is 0 Å². The zero-order chi connectivity index (χ0) is 35.2. The van der Waals surface area contributed by atoms with Crippen molar-refractivity contribution < 1.29 is 33.5 Å². The highest BCUT2D eigenvalue weighted by atomic mass is 16.7.